The molecule has 0 aromatic rings. The molecule has 0 aromatic carbocycles. The lowest BCUT2D eigenvalue weighted by atomic mass is 9.78. The van der Waals surface area contributed by atoms with Crippen LogP contribution in [0.15, 0.2) is 0 Å². The Kier molecular flexibility index (Phi) is 6.11. The minimum absolute atomic E-state index is 0.00682. The average Bonchev–Trinajstić information content (AvgIpc) is 3.14. The first-order valence-electron chi connectivity index (χ1n) is 11.2. The van der Waals surface area contributed by atoms with E-state index in [1.807, 2.05) is 16.8 Å². The van der Waals surface area contributed by atoms with Gasteiger partial charge in [-0.25, -0.2) is 4.79 Å². The molecule has 3 aliphatic heterocycles. The lowest BCUT2D eigenvalue weighted by molar-refractivity contribution is -0.137. The summed E-state index contributed by atoms with van der Waals surface area (Å²) in [6, 6.07) is 0.281. The van der Waals surface area contributed by atoms with E-state index in [1.54, 1.807) is 0 Å². The van der Waals surface area contributed by atoms with Crippen LogP contribution in [0.2, 0.25) is 0 Å². The number of urea groups is 1. The zero-order valence-electron chi connectivity index (χ0n) is 17.3. The normalized spacial score (nSPS) is 31.2. The second-order valence-electron chi connectivity index (χ2n) is 9.18. The van der Waals surface area contributed by atoms with Gasteiger partial charge >= 0.3 is 6.03 Å². The molecule has 3 saturated heterocycles. The number of amides is 3. The predicted octanol–water partition coefficient (Wildman–Crippen LogP) is 1.82. The highest BCUT2D eigenvalue weighted by atomic mass is 16.5. The minimum atomic E-state index is 0.00682. The van der Waals surface area contributed by atoms with Gasteiger partial charge in [-0.05, 0) is 52.1 Å². The van der Waals surface area contributed by atoms with Gasteiger partial charge in [-0.1, -0.05) is 19.3 Å². The molecular formula is C21H36N4O3. The van der Waals surface area contributed by atoms with Crippen LogP contribution in [-0.4, -0.2) is 90.7 Å². The Balaban J connectivity index is 1.24. The van der Waals surface area contributed by atoms with Crippen LogP contribution < -0.4 is 5.32 Å². The topological polar surface area (TPSA) is 65.1 Å². The molecule has 4 rings (SSSR count). The number of carbonyl (C=O) groups is 2. The number of nitrogens with zero attached hydrogens (tertiary/aromatic N) is 3. The Hall–Kier alpha value is -1.34. The van der Waals surface area contributed by atoms with Crippen LogP contribution in [0.25, 0.3) is 0 Å². The molecule has 0 aromatic heterocycles. The third-order valence-corrected chi connectivity index (χ3v) is 7.27. The van der Waals surface area contributed by atoms with Gasteiger partial charge in [-0.2, -0.15) is 0 Å². The maximum absolute atomic E-state index is 12.8. The maximum Gasteiger partial charge on any atom is 0.317 e. The van der Waals surface area contributed by atoms with E-state index in [1.165, 1.54) is 19.3 Å². The predicted molar refractivity (Wildman–Crippen MR) is 107 cm³/mol. The van der Waals surface area contributed by atoms with Crippen molar-refractivity contribution in [3.8, 4) is 0 Å². The van der Waals surface area contributed by atoms with E-state index < -0.39 is 0 Å². The van der Waals surface area contributed by atoms with Crippen LogP contribution in [0.4, 0.5) is 4.79 Å². The average molecular weight is 393 g/mol. The molecule has 28 heavy (non-hydrogen) atoms. The molecule has 2 unspecified atom stereocenters. The fourth-order valence-electron chi connectivity index (χ4n) is 5.52. The van der Waals surface area contributed by atoms with Gasteiger partial charge in [0, 0.05) is 38.8 Å². The van der Waals surface area contributed by atoms with Gasteiger partial charge in [0.2, 0.25) is 5.91 Å². The van der Waals surface area contributed by atoms with E-state index in [2.05, 4.69) is 10.2 Å². The van der Waals surface area contributed by atoms with Crippen LogP contribution in [0, 0.1) is 0 Å². The van der Waals surface area contributed by atoms with Gasteiger partial charge in [0.05, 0.1) is 11.6 Å². The number of hydrogen-bond donors (Lipinski definition) is 1. The van der Waals surface area contributed by atoms with Crippen LogP contribution in [0.5, 0.6) is 0 Å². The SMILES string of the molecule is CN1CCCC1C(=O)N1CCN(C(=O)NC2CCOC3(CCCCC3)C2)CC1. The van der Waals surface area contributed by atoms with Gasteiger partial charge in [-0.15, -0.1) is 0 Å². The summed E-state index contributed by atoms with van der Waals surface area (Å²) in [5, 5.41) is 3.26. The van der Waals surface area contributed by atoms with Gasteiger partial charge < -0.3 is 19.9 Å². The van der Waals surface area contributed by atoms with Crippen molar-refractivity contribution in [2.75, 3.05) is 46.4 Å². The second kappa shape index (κ2) is 8.57. The quantitative estimate of drug-likeness (QED) is 0.779. The summed E-state index contributed by atoms with van der Waals surface area (Å²) in [5.74, 6) is 0.240. The molecular weight excluding hydrogens is 356 g/mol. The first-order valence-corrected chi connectivity index (χ1v) is 11.2. The summed E-state index contributed by atoms with van der Waals surface area (Å²) in [7, 11) is 2.03. The fourth-order valence-corrected chi connectivity index (χ4v) is 5.52. The van der Waals surface area contributed by atoms with Crippen molar-refractivity contribution in [3.63, 3.8) is 0 Å². The molecule has 2 atom stereocenters. The zero-order valence-corrected chi connectivity index (χ0v) is 17.3. The Bertz CT molecular complexity index is 564. The number of likely N-dealkylation sites (N-methyl/N-ethyl adjacent to an activating group) is 1. The first kappa shape index (κ1) is 20.0. The standard InChI is InChI=1S/C21H36N4O3/c1-23-10-5-6-18(23)19(26)24-11-13-25(14-12-24)20(27)22-17-7-15-28-21(16-17)8-3-2-4-9-21/h17-18H,2-16H2,1H3,(H,22,27). The number of hydrogen-bond acceptors (Lipinski definition) is 4. The maximum atomic E-state index is 12.8. The minimum Gasteiger partial charge on any atom is -0.375 e. The summed E-state index contributed by atoms with van der Waals surface area (Å²) < 4.78 is 6.15. The second-order valence-corrected chi connectivity index (χ2v) is 9.18. The van der Waals surface area contributed by atoms with Crippen molar-refractivity contribution in [2.45, 2.75) is 75.5 Å². The van der Waals surface area contributed by atoms with Crippen LogP contribution in [-0.2, 0) is 9.53 Å². The largest absolute Gasteiger partial charge is 0.375 e. The number of rotatable bonds is 2. The van der Waals surface area contributed by atoms with E-state index >= 15 is 0 Å². The Labute approximate surface area is 168 Å². The molecule has 0 radical (unpaired) electrons. The van der Waals surface area contributed by atoms with E-state index in [-0.39, 0.29) is 29.6 Å². The van der Waals surface area contributed by atoms with E-state index in [0.29, 0.717) is 26.2 Å². The molecule has 4 aliphatic rings. The van der Waals surface area contributed by atoms with Crippen molar-refractivity contribution >= 4 is 11.9 Å². The van der Waals surface area contributed by atoms with Gasteiger partial charge in [0.1, 0.15) is 0 Å². The number of carbonyl (C=O) groups excluding carboxylic acids is 2. The monoisotopic (exact) mass is 392 g/mol. The molecule has 7 heteroatoms. The number of ether oxygens (including phenoxy) is 1. The third-order valence-electron chi connectivity index (χ3n) is 7.27. The number of nitrogens with one attached hydrogen (secondary N) is 1. The van der Waals surface area contributed by atoms with Gasteiger partial charge in [0.25, 0.3) is 0 Å². The molecule has 1 spiro atoms. The Morgan fingerprint density at radius 3 is 2.32 bits per heavy atom. The molecule has 1 aliphatic carbocycles. The van der Waals surface area contributed by atoms with Crippen LogP contribution >= 0.6 is 0 Å². The van der Waals surface area contributed by atoms with E-state index in [0.717, 1.165) is 51.7 Å². The summed E-state index contributed by atoms with van der Waals surface area (Å²) in [6.45, 7) is 4.31. The van der Waals surface area contributed by atoms with Gasteiger partial charge in [-0.3, -0.25) is 9.69 Å². The summed E-state index contributed by atoms with van der Waals surface area (Å²) in [4.78, 5) is 31.5. The summed E-state index contributed by atoms with van der Waals surface area (Å²) in [5.41, 5.74) is 0.00682. The van der Waals surface area contributed by atoms with Crippen LogP contribution in [0.1, 0.15) is 57.8 Å². The summed E-state index contributed by atoms with van der Waals surface area (Å²) in [6.07, 6.45) is 9.97. The first-order chi connectivity index (χ1) is 13.6. The molecule has 158 valence electrons. The van der Waals surface area contributed by atoms with Crippen molar-refractivity contribution in [2.24, 2.45) is 0 Å². The highest BCUT2D eigenvalue weighted by Crippen LogP contribution is 2.38. The Morgan fingerprint density at radius 1 is 0.929 bits per heavy atom. The van der Waals surface area contributed by atoms with Gasteiger partial charge in [0.15, 0.2) is 0 Å². The molecule has 4 fully saturated rings. The van der Waals surface area contributed by atoms with Crippen molar-refractivity contribution in [1.29, 1.82) is 0 Å². The zero-order chi connectivity index (χ0) is 19.6. The lowest BCUT2D eigenvalue weighted by Gasteiger charge is -2.44. The fraction of sp³-hybridized carbons (Fsp3) is 0.905. The molecule has 1 saturated carbocycles. The molecule has 7 nitrogen and oxygen atoms in total. The smallest absolute Gasteiger partial charge is 0.317 e. The van der Waals surface area contributed by atoms with E-state index in [4.69, 9.17) is 4.74 Å². The number of likely N-dealkylation sites (tertiary alicyclic amines) is 1. The van der Waals surface area contributed by atoms with Crippen molar-refractivity contribution in [1.82, 2.24) is 20.0 Å². The highest BCUT2D eigenvalue weighted by molar-refractivity contribution is 5.82. The molecule has 3 amide bonds. The van der Waals surface area contributed by atoms with E-state index in [9.17, 15) is 9.59 Å². The number of piperazine rings is 1. The molecule has 3 heterocycles. The molecule has 1 N–H and O–H groups in total. The lowest BCUT2D eigenvalue weighted by Crippen LogP contribution is -2.58. The summed E-state index contributed by atoms with van der Waals surface area (Å²) >= 11 is 0. The van der Waals surface area contributed by atoms with Crippen molar-refractivity contribution < 1.29 is 14.3 Å². The third kappa shape index (κ3) is 4.30. The molecule has 0 bridgehead atoms. The Morgan fingerprint density at radius 2 is 1.64 bits per heavy atom. The highest BCUT2D eigenvalue weighted by Gasteiger charge is 2.39. The van der Waals surface area contributed by atoms with Crippen molar-refractivity contribution in [3.05, 3.63) is 0 Å². The van der Waals surface area contributed by atoms with Crippen LogP contribution in [0.3, 0.4) is 0 Å².